The molecule has 0 amide bonds. The summed E-state index contributed by atoms with van der Waals surface area (Å²) in [6.07, 6.45) is 21.0. The zero-order chi connectivity index (χ0) is 10.9. The fourth-order valence-electron chi connectivity index (χ4n) is 1.64. The normalized spacial score (nSPS) is 18.5. The SMILES string of the molecule is C1=CCC=CC(C2=CC=CCC2)=C1.CC. The maximum absolute atomic E-state index is 2.23. The van der Waals surface area contributed by atoms with Crippen molar-refractivity contribution < 1.29 is 0 Å². The van der Waals surface area contributed by atoms with Gasteiger partial charge in [-0.25, -0.2) is 0 Å². The maximum Gasteiger partial charge on any atom is -0.0163 e. The van der Waals surface area contributed by atoms with Gasteiger partial charge in [-0.3, -0.25) is 0 Å². The van der Waals surface area contributed by atoms with Crippen LogP contribution in [0.2, 0.25) is 0 Å². The Morgan fingerprint density at radius 2 is 1.73 bits per heavy atom. The molecule has 0 radical (unpaired) electrons. The van der Waals surface area contributed by atoms with Gasteiger partial charge in [0.1, 0.15) is 0 Å². The number of rotatable bonds is 1. The van der Waals surface area contributed by atoms with Crippen LogP contribution in [-0.4, -0.2) is 0 Å². The lowest BCUT2D eigenvalue weighted by atomic mass is 9.97. The van der Waals surface area contributed by atoms with Crippen molar-refractivity contribution in [2.24, 2.45) is 0 Å². The smallest absolute Gasteiger partial charge is 0.0163 e. The first-order valence-corrected chi connectivity index (χ1v) is 5.86. The van der Waals surface area contributed by atoms with E-state index in [2.05, 4.69) is 48.6 Å². The van der Waals surface area contributed by atoms with Crippen molar-refractivity contribution in [3.63, 3.8) is 0 Å². The molecule has 2 aliphatic rings. The molecule has 15 heavy (non-hydrogen) atoms. The molecule has 80 valence electrons. The Hall–Kier alpha value is -1.30. The number of hydrogen-bond acceptors (Lipinski definition) is 0. The van der Waals surface area contributed by atoms with E-state index in [1.54, 1.807) is 0 Å². The van der Waals surface area contributed by atoms with E-state index in [9.17, 15) is 0 Å². The van der Waals surface area contributed by atoms with Crippen molar-refractivity contribution in [2.75, 3.05) is 0 Å². The van der Waals surface area contributed by atoms with Gasteiger partial charge in [0, 0.05) is 0 Å². The van der Waals surface area contributed by atoms with Gasteiger partial charge in [-0.15, -0.1) is 0 Å². The van der Waals surface area contributed by atoms with E-state index in [0.717, 1.165) is 6.42 Å². The highest BCUT2D eigenvalue weighted by Gasteiger charge is 2.03. The Morgan fingerprint density at radius 3 is 2.47 bits per heavy atom. The summed E-state index contributed by atoms with van der Waals surface area (Å²) in [4.78, 5) is 0. The molecule has 0 bridgehead atoms. The summed E-state index contributed by atoms with van der Waals surface area (Å²) >= 11 is 0. The minimum atomic E-state index is 1.06. The molecule has 0 fully saturated rings. The van der Waals surface area contributed by atoms with E-state index < -0.39 is 0 Å². The second-order valence-corrected chi connectivity index (χ2v) is 3.35. The summed E-state index contributed by atoms with van der Waals surface area (Å²) in [6.45, 7) is 4.00. The summed E-state index contributed by atoms with van der Waals surface area (Å²) < 4.78 is 0. The van der Waals surface area contributed by atoms with Crippen molar-refractivity contribution in [1.29, 1.82) is 0 Å². The Labute approximate surface area is 93.4 Å². The molecule has 0 aromatic carbocycles. The van der Waals surface area contributed by atoms with Gasteiger partial charge < -0.3 is 0 Å². The average Bonchev–Trinajstić information content (AvgIpc) is 2.61. The Bertz CT molecular complexity index is 322. The molecule has 0 spiro atoms. The van der Waals surface area contributed by atoms with Crippen molar-refractivity contribution in [3.05, 3.63) is 59.8 Å². The molecule has 0 aliphatic heterocycles. The molecule has 0 saturated carbocycles. The number of allylic oxidation sites excluding steroid dienone is 10. The van der Waals surface area contributed by atoms with Gasteiger partial charge >= 0.3 is 0 Å². The van der Waals surface area contributed by atoms with Crippen LogP contribution in [-0.2, 0) is 0 Å². The van der Waals surface area contributed by atoms with Crippen molar-refractivity contribution >= 4 is 0 Å². The van der Waals surface area contributed by atoms with Gasteiger partial charge in [0.15, 0.2) is 0 Å². The Morgan fingerprint density at radius 1 is 0.933 bits per heavy atom. The van der Waals surface area contributed by atoms with Crippen LogP contribution in [0.15, 0.2) is 59.8 Å². The molecule has 0 N–H and O–H groups in total. The average molecular weight is 200 g/mol. The molecule has 0 aromatic heterocycles. The zero-order valence-corrected chi connectivity index (χ0v) is 9.74. The van der Waals surface area contributed by atoms with Crippen molar-refractivity contribution in [3.8, 4) is 0 Å². The van der Waals surface area contributed by atoms with Gasteiger partial charge in [0.05, 0.1) is 0 Å². The summed E-state index contributed by atoms with van der Waals surface area (Å²) in [5, 5.41) is 0. The molecule has 0 heteroatoms. The summed E-state index contributed by atoms with van der Waals surface area (Å²) in [6, 6.07) is 0. The Kier molecular flexibility index (Phi) is 5.54. The molecule has 0 nitrogen and oxygen atoms in total. The third-order valence-corrected chi connectivity index (χ3v) is 2.37. The summed E-state index contributed by atoms with van der Waals surface area (Å²) in [5.41, 5.74) is 2.84. The second kappa shape index (κ2) is 7.05. The van der Waals surface area contributed by atoms with Gasteiger partial charge in [-0.05, 0) is 30.4 Å². The van der Waals surface area contributed by atoms with Crippen molar-refractivity contribution in [2.45, 2.75) is 33.1 Å². The van der Waals surface area contributed by atoms with Gasteiger partial charge in [-0.2, -0.15) is 0 Å². The lowest BCUT2D eigenvalue weighted by Crippen LogP contribution is -1.89. The van der Waals surface area contributed by atoms with Crippen LogP contribution in [0, 0.1) is 0 Å². The molecule has 2 rings (SSSR count). The Balaban J connectivity index is 0.000000531. The van der Waals surface area contributed by atoms with Crippen LogP contribution in [0.1, 0.15) is 33.1 Å². The molecule has 0 aromatic rings. The minimum absolute atomic E-state index is 1.06. The van der Waals surface area contributed by atoms with E-state index in [1.807, 2.05) is 13.8 Å². The van der Waals surface area contributed by atoms with Crippen LogP contribution >= 0.6 is 0 Å². The first-order chi connectivity index (χ1) is 7.47. The predicted octanol–water partition coefficient (Wildman–Crippen LogP) is 4.73. The summed E-state index contributed by atoms with van der Waals surface area (Å²) in [5.74, 6) is 0. The second-order valence-electron chi connectivity index (χ2n) is 3.35. The van der Waals surface area contributed by atoms with E-state index >= 15 is 0 Å². The van der Waals surface area contributed by atoms with Crippen molar-refractivity contribution in [1.82, 2.24) is 0 Å². The monoisotopic (exact) mass is 200 g/mol. The predicted molar refractivity (Wildman–Crippen MR) is 68.8 cm³/mol. The highest BCUT2D eigenvalue weighted by molar-refractivity contribution is 5.45. The fourth-order valence-corrected chi connectivity index (χ4v) is 1.64. The lowest BCUT2D eigenvalue weighted by Gasteiger charge is -2.08. The van der Waals surface area contributed by atoms with Crippen LogP contribution in [0.25, 0.3) is 0 Å². The molecule has 2 aliphatic carbocycles. The van der Waals surface area contributed by atoms with E-state index in [0.29, 0.717) is 0 Å². The quantitative estimate of drug-likeness (QED) is 0.574. The molecule has 0 unspecified atom stereocenters. The third-order valence-electron chi connectivity index (χ3n) is 2.37. The lowest BCUT2D eigenvalue weighted by molar-refractivity contribution is 0.978. The van der Waals surface area contributed by atoms with Crippen LogP contribution in [0.4, 0.5) is 0 Å². The summed E-state index contributed by atoms with van der Waals surface area (Å²) in [7, 11) is 0. The highest BCUT2D eigenvalue weighted by atomic mass is 14.1. The first kappa shape index (κ1) is 11.8. The van der Waals surface area contributed by atoms with E-state index in [1.165, 1.54) is 24.0 Å². The highest BCUT2D eigenvalue weighted by Crippen LogP contribution is 2.22. The topological polar surface area (TPSA) is 0 Å². The zero-order valence-electron chi connectivity index (χ0n) is 9.74. The van der Waals surface area contributed by atoms with Gasteiger partial charge in [0.2, 0.25) is 0 Å². The van der Waals surface area contributed by atoms with E-state index in [4.69, 9.17) is 0 Å². The van der Waals surface area contributed by atoms with Gasteiger partial charge in [-0.1, -0.05) is 62.5 Å². The van der Waals surface area contributed by atoms with Gasteiger partial charge in [0.25, 0.3) is 0 Å². The number of hydrogen-bond donors (Lipinski definition) is 0. The van der Waals surface area contributed by atoms with E-state index in [-0.39, 0.29) is 0 Å². The van der Waals surface area contributed by atoms with Crippen LogP contribution < -0.4 is 0 Å². The molecule has 0 heterocycles. The minimum Gasteiger partial charge on any atom is -0.0842 e. The fraction of sp³-hybridized carbons (Fsp3) is 0.333. The van der Waals surface area contributed by atoms with Crippen LogP contribution in [0.3, 0.4) is 0 Å². The first-order valence-electron chi connectivity index (χ1n) is 5.86. The molecule has 0 atom stereocenters. The molecular formula is C15H20. The maximum atomic E-state index is 2.23. The molecular weight excluding hydrogens is 180 g/mol. The third kappa shape index (κ3) is 3.75. The largest absolute Gasteiger partial charge is 0.0842 e. The molecule has 0 saturated heterocycles. The standard InChI is InChI=1S/C13H14.C2H6/c1-2-5-9-12(8-4-1)13-10-6-3-7-11-13;1-2/h1,3-6,8-10H,2,7,11H2;1-2H3. The van der Waals surface area contributed by atoms with Crippen LogP contribution in [0.5, 0.6) is 0 Å².